The molecular formula is C16H23NO5S. The molecule has 128 valence electrons. The third-order valence-electron chi connectivity index (χ3n) is 3.42. The van der Waals surface area contributed by atoms with Gasteiger partial charge in [0.15, 0.2) is 11.5 Å². The third kappa shape index (κ3) is 4.45. The number of ether oxygens (including phenoxy) is 2. The summed E-state index contributed by atoms with van der Waals surface area (Å²) in [5, 5.41) is 0. The number of carbonyl (C=O) groups excluding carboxylic acids is 1. The standard InChI is InChI=1S/C16H23NO5S/c1-5-6-10-20-23(19)17(4)15(18)21-13-9-7-8-12-11-16(2,3)22-14(12)13/h7-9H,5-6,10-11H2,1-4H3. The molecule has 1 aromatic carbocycles. The topological polar surface area (TPSA) is 65.1 Å². The lowest BCUT2D eigenvalue weighted by atomic mass is 10.0. The number of hydrogen-bond donors (Lipinski definition) is 0. The molecule has 1 heterocycles. The maximum atomic E-state index is 12.1. The number of fused-ring (bicyclic) bond motifs is 1. The molecule has 23 heavy (non-hydrogen) atoms. The normalized spacial score (nSPS) is 16.3. The van der Waals surface area contributed by atoms with Gasteiger partial charge in [0.05, 0.1) is 6.61 Å². The van der Waals surface area contributed by atoms with Gasteiger partial charge in [-0.05, 0) is 26.3 Å². The Labute approximate surface area is 139 Å². The Morgan fingerprint density at radius 2 is 2.17 bits per heavy atom. The quantitative estimate of drug-likeness (QED) is 0.743. The number of rotatable bonds is 6. The van der Waals surface area contributed by atoms with Gasteiger partial charge in [0, 0.05) is 19.0 Å². The SMILES string of the molecule is CCCCOS(=O)N(C)C(=O)Oc1cccc2c1OC(C)(C)C2. The van der Waals surface area contributed by atoms with E-state index in [9.17, 15) is 9.00 Å². The molecule has 0 fully saturated rings. The molecule has 1 aromatic rings. The highest BCUT2D eigenvalue weighted by Crippen LogP contribution is 2.41. The molecule has 2 rings (SSSR count). The molecule has 0 saturated carbocycles. The lowest BCUT2D eigenvalue weighted by molar-refractivity contribution is 0.131. The summed E-state index contributed by atoms with van der Waals surface area (Å²) in [6.45, 7) is 6.28. The predicted octanol–water partition coefficient (Wildman–Crippen LogP) is 3.23. The number of amides is 1. The fraction of sp³-hybridized carbons (Fsp3) is 0.562. The summed E-state index contributed by atoms with van der Waals surface area (Å²) in [6, 6.07) is 5.41. The van der Waals surface area contributed by atoms with E-state index in [-0.39, 0.29) is 5.60 Å². The molecule has 1 unspecified atom stereocenters. The summed E-state index contributed by atoms with van der Waals surface area (Å²) in [7, 11) is 1.37. The second-order valence-corrected chi connectivity index (χ2v) is 7.26. The van der Waals surface area contributed by atoms with Crippen LogP contribution in [0.5, 0.6) is 11.5 Å². The highest BCUT2D eigenvalue weighted by molar-refractivity contribution is 7.78. The van der Waals surface area contributed by atoms with Gasteiger partial charge in [-0.25, -0.2) is 13.3 Å². The van der Waals surface area contributed by atoms with Crippen molar-refractivity contribution in [3.05, 3.63) is 23.8 Å². The predicted molar refractivity (Wildman–Crippen MR) is 87.6 cm³/mol. The molecule has 7 heteroatoms. The molecule has 0 aliphatic carbocycles. The van der Waals surface area contributed by atoms with Crippen molar-refractivity contribution in [2.24, 2.45) is 0 Å². The summed E-state index contributed by atoms with van der Waals surface area (Å²) in [6.07, 6.45) is 1.70. The number of carbonyl (C=O) groups is 1. The molecule has 1 atom stereocenters. The number of unbranched alkanes of at least 4 members (excludes halogenated alkanes) is 1. The molecule has 0 N–H and O–H groups in total. The Morgan fingerprint density at radius 1 is 1.43 bits per heavy atom. The molecule has 0 saturated heterocycles. The van der Waals surface area contributed by atoms with E-state index in [1.807, 2.05) is 26.8 Å². The molecular weight excluding hydrogens is 318 g/mol. The first kappa shape index (κ1) is 17.7. The van der Waals surface area contributed by atoms with Crippen molar-refractivity contribution in [2.45, 2.75) is 45.6 Å². The van der Waals surface area contributed by atoms with Crippen molar-refractivity contribution in [2.75, 3.05) is 13.7 Å². The third-order valence-corrected chi connectivity index (χ3v) is 4.38. The lowest BCUT2D eigenvalue weighted by Crippen LogP contribution is -2.32. The van der Waals surface area contributed by atoms with Gasteiger partial charge in [-0.1, -0.05) is 25.5 Å². The molecule has 0 aromatic heterocycles. The van der Waals surface area contributed by atoms with Gasteiger partial charge in [0.1, 0.15) is 5.60 Å². The minimum absolute atomic E-state index is 0.329. The highest BCUT2D eigenvalue weighted by Gasteiger charge is 2.33. The van der Waals surface area contributed by atoms with Crippen molar-refractivity contribution in [1.82, 2.24) is 4.31 Å². The van der Waals surface area contributed by atoms with Crippen LogP contribution in [0.4, 0.5) is 4.79 Å². The van der Waals surface area contributed by atoms with Crippen LogP contribution < -0.4 is 9.47 Å². The molecule has 6 nitrogen and oxygen atoms in total. The molecule has 0 spiro atoms. The van der Waals surface area contributed by atoms with Gasteiger partial charge in [-0.3, -0.25) is 4.18 Å². The summed E-state index contributed by atoms with van der Waals surface area (Å²) in [5.74, 6) is 0.896. The minimum atomic E-state index is -1.87. The van der Waals surface area contributed by atoms with Crippen LogP contribution >= 0.6 is 0 Å². The average Bonchev–Trinajstić information content (AvgIpc) is 2.81. The van der Waals surface area contributed by atoms with Crippen molar-refractivity contribution >= 4 is 17.4 Å². The van der Waals surface area contributed by atoms with E-state index < -0.39 is 17.4 Å². The zero-order chi connectivity index (χ0) is 17.0. The number of nitrogens with zero attached hydrogens (tertiary/aromatic N) is 1. The summed E-state index contributed by atoms with van der Waals surface area (Å²) >= 11 is -1.87. The lowest BCUT2D eigenvalue weighted by Gasteiger charge is -2.19. The molecule has 0 radical (unpaired) electrons. The van der Waals surface area contributed by atoms with E-state index in [4.69, 9.17) is 13.7 Å². The van der Waals surface area contributed by atoms with Gasteiger partial charge in [0.25, 0.3) is 11.3 Å². The minimum Gasteiger partial charge on any atom is -0.483 e. The maximum absolute atomic E-state index is 12.1. The number of benzene rings is 1. The number of para-hydroxylation sites is 1. The Balaban J connectivity index is 2.02. The maximum Gasteiger partial charge on any atom is 0.428 e. The van der Waals surface area contributed by atoms with E-state index in [0.29, 0.717) is 18.1 Å². The Bertz CT molecular complexity index is 602. The van der Waals surface area contributed by atoms with Gasteiger partial charge in [-0.15, -0.1) is 0 Å². The van der Waals surface area contributed by atoms with E-state index in [1.165, 1.54) is 7.05 Å². The summed E-state index contributed by atoms with van der Waals surface area (Å²) < 4.78 is 29.1. The fourth-order valence-electron chi connectivity index (χ4n) is 2.24. The second-order valence-electron chi connectivity index (χ2n) is 6.04. The molecule has 0 bridgehead atoms. The largest absolute Gasteiger partial charge is 0.483 e. The molecule has 1 aliphatic heterocycles. The van der Waals surface area contributed by atoms with E-state index in [2.05, 4.69) is 0 Å². The van der Waals surface area contributed by atoms with Crippen LogP contribution in [0.2, 0.25) is 0 Å². The van der Waals surface area contributed by atoms with Crippen LogP contribution in [0.3, 0.4) is 0 Å². The Kier molecular flexibility index (Phi) is 5.64. The first-order valence-electron chi connectivity index (χ1n) is 7.65. The van der Waals surface area contributed by atoms with Crippen LogP contribution in [0.15, 0.2) is 18.2 Å². The Morgan fingerprint density at radius 3 is 2.87 bits per heavy atom. The summed E-state index contributed by atoms with van der Waals surface area (Å²) in [4.78, 5) is 12.1. The fourth-order valence-corrected chi connectivity index (χ4v) is 2.82. The zero-order valence-corrected chi connectivity index (χ0v) is 14.8. The van der Waals surface area contributed by atoms with E-state index in [1.54, 1.807) is 12.1 Å². The Hall–Kier alpha value is -1.60. The second kappa shape index (κ2) is 7.31. The first-order valence-corrected chi connectivity index (χ1v) is 8.69. The van der Waals surface area contributed by atoms with Crippen LogP contribution in [-0.2, 0) is 21.9 Å². The molecule has 1 aliphatic rings. The summed E-state index contributed by atoms with van der Waals surface area (Å²) in [5.41, 5.74) is 0.659. The van der Waals surface area contributed by atoms with E-state index in [0.717, 1.165) is 29.1 Å². The van der Waals surface area contributed by atoms with Crippen molar-refractivity contribution < 1.29 is 22.7 Å². The van der Waals surface area contributed by atoms with Crippen molar-refractivity contribution in [3.63, 3.8) is 0 Å². The van der Waals surface area contributed by atoms with Gasteiger partial charge in [-0.2, -0.15) is 0 Å². The first-order chi connectivity index (χ1) is 10.8. The number of hydrogen-bond acceptors (Lipinski definition) is 5. The highest BCUT2D eigenvalue weighted by atomic mass is 32.2. The van der Waals surface area contributed by atoms with Crippen molar-refractivity contribution in [3.8, 4) is 11.5 Å². The monoisotopic (exact) mass is 341 g/mol. The zero-order valence-electron chi connectivity index (χ0n) is 14.0. The molecule has 1 amide bonds. The van der Waals surface area contributed by atoms with Crippen LogP contribution in [0.1, 0.15) is 39.2 Å². The smallest absolute Gasteiger partial charge is 0.428 e. The van der Waals surface area contributed by atoms with E-state index >= 15 is 0 Å². The van der Waals surface area contributed by atoms with Crippen LogP contribution in [0.25, 0.3) is 0 Å². The van der Waals surface area contributed by atoms with Crippen LogP contribution in [0, 0.1) is 0 Å². The van der Waals surface area contributed by atoms with Gasteiger partial charge < -0.3 is 9.47 Å². The van der Waals surface area contributed by atoms with Crippen molar-refractivity contribution in [1.29, 1.82) is 0 Å². The average molecular weight is 341 g/mol. The van der Waals surface area contributed by atoms with Gasteiger partial charge >= 0.3 is 6.09 Å². The van der Waals surface area contributed by atoms with Crippen LogP contribution in [-0.4, -0.2) is 33.9 Å². The van der Waals surface area contributed by atoms with Gasteiger partial charge in [0.2, 0.25) is 0 Å².